The predicted molar refractivity (Wildman–Crippen MR) is 70.4 cm³/mol. The number of hydrogen-bond acceptors (Lipinski definition) is 5. The molecule has 0 aliphatic carbocycles. The van der Waals surface area contributed by atoms with Crippen molar-refractivity contribution in [3.63, 3.8) is 0 Å². The average molecular weight is 269 g/mol. The summed E-state index contributed by atoms with van der Waals surface area (Å²) in [6.07, 6.45) is -0.673. The van der Waals surface area contributed by atoms with Crippen LogP contribution in [0.15, 0.2) is 18.2 Å². The summed E-state index contributed by atoms with van der Waals surface area (Å²) in [6.45, 7) is 5.77. The minimum atomic E-state index is -0.725. The van der Waals surface area contributed by atoms with Gasteiger partial charge in [0.2, 0.25) is 0 Å². The van der Waals surface area contributed by atoms with Crippen molar-refractivity contribution in [1.29, 1.82) is 0 Å². The zero-order chi connectivity index (χ0) is 14.4. The summed E-state index contributed by atoms with van der Waals surface area (Å²) in [4.78, 5) is 10.1. The topological polar surface area (TPSA) is 81.8 Å². The SMILES string of the molecule is Cc1cc([N+](=O)[O-])ccc1OCC(O)COC(C)C. The molecule has 1 aromatic carbocycles. The minimum Gasteiger partial charge on any atom is -0.491 e. The van der Waals surface area contributed by atoms with Gasteiger partial charge in [-0.2, -0.15) is 0 Å². The molecule has 0 radical (unpaired) electrons. The molecule has 1 atom stereocenters. The maximum atomic E-state index is 10.6. The summed E-state index contributed by atoms with van der Waals surface area (Å²) in [6, 6.07) is 4.34. The molecule has 0 heterocycles. The lowest BCUT2D eigenvalue weighted by Gasteiger charge is -2.15. The highest BCUT2D eigenvalue weighted by molar-refractivity contribution is 5.42. The van der Waals surface area contributed by atoms with E-state index in [0.717, 1.165) is 0 Å². The van der Waals surface area contributed by atoms with Crippen LogP contribution in [0.4, 0.5) is 5.69 Å². The van der Waals surface area contributed by atoms with Gasteiger partial charge in [-0.05, 0) is 32.4 Å². The molecule has 1 unspecified atom stereocenters. The molecule has 1 rings (SSSR count). The number of benzene rings is 1. The molecule has 0 amide bonds. The fourth-order valence-electron chi connectivity index (χ4n) is 1.45. The summed E-state index contributed by atoms with van der Waals surface area (Å²) >= 11 is 0. The number of non-ortho nitro benzene ring substituents is 1. The van der Waals surface area contributed by atoms with E-state index >= 15 is 0 Å². The number of aliphatic hydroxyl groups is 1. The van der Waals surface area contributed by atoms with Crippen LogP contribution in [0.2, 0.25) is 0 Å². The van der Waals surface area contributed by atoms with Crippen LogP contribution in [0.25, 0.3) is 0 Å². The Balaban J connectivity index is 2.51. The van der Waals surface area contributed by atoms with Crippen molar-refractivity contribution in [1.82, 2.24) is 0 Å². The highest BCUT2D eigenvalue weighted by Gasteiger charge is 2.11. The van der Waals surface area contributed by atoms with Crippen LogP contribution in [-0.2, 0) is 4.74 Å². The van der Waals surface area contributed by atoms with Gasteiger partial charge in [0.1, 0.15) is 18.5 Å². The molecule has 0 bridgehead atoms. The largest absolute Gasteiger partial charge is 0.491 e. The second-order valence-corrected chi connectivity index (χ2v) is 4.55. The Bertz CT molecular complexity index is 433. The molecular weight excluding hydrogens is 250 g/mol. The Hall–Kier alpha value is -1.66. The number of nitro groups is 1. The lowest BCUT2D eigenvalue weighted by atomic mass is 10.2. The van der Waals surface area contributed by atoms with Crippen molar-refractivity contribution in [3.8, 4) is 5.75 Å². The summed E-state index contributed by atoms with van der Waals surface area (Å²) in [7, 11) is 0. The fourth-order valence-corrected chi connectivity index (χ4v) is 1.45. The molecule has 106 valence electrons. The van der Waals surface area contributed by atoms with Gasteiger partial charge in [0.05, 0.1) is 17.6 Å². The van der Waals surface area contributed by atoms with Gasteiger partial charge >= 0.3 is 0 Å². The second kappa shape index (κ2) is 7.06. The van der Waals surface area contributed by atoms with Gasteiger partial charge in [-0.1, -0.05) is 0 Å². The van der Waals surface area contributed by atoms with Crippen LogP contribution < -0.4 is 4.74 Å². The smallest absolute Gasteiger partial charge is 0.269 e. The molecule has 1 N–H and O–H groups in total. The first-order valence-electron chi connectivity index (χ1n) is 6.07. The van der Waals surface area contributed by atoms with E-state index in [1.807, 2.05) is 13.8 Å². The standard InChI is InChI=1S/C13H19NO5/c1-9(2)18-7-12(15)8-19-13-5-4-11(14(16)17)6-10(13)3/h4-6,9,12,15H,7-8H2,1-3H3. The quantitative estimate of drug-likeness (QED) is 0.605. The third kappa shape index (κ3) is 5.23. The van der Waals surface area contributed by atoms with Crippen LogP contribution in [0.3, 0.4) is 0 Å². The molecule has 0 saturated carbocycles. The number of nitro benzene ring substituents is 1. The van der Waals surface area contributed by atoms with Crippen molar-refractivity contribution < 1.29 is 19.5 Å². The number of hydrogen-bond donors (Lipinski definition) is 1. The van der Waals surface area contributed by atoms with Crippen LogP contribution >= 0.6 is 0 Å². The summed E-state index contributed by atoms with van der Waals surface area (Å²) in [5.41, 5.74) is 0.680. The number of ether oxygens (including phenoxy) is 2. The summed E-state index contributed by atoms with van der Waals surface area (Å²) in [5, 5.41) is 20.2. The van der Waals surface area contributed by atoms with Gasteiger partial charge in [0.15, 0.2) is 0 Å². The van der Waals surface area contributed by atoms with Gasteiger partial charge in [-0.15, -0.1) is 0 Å². The van der Waals surface area contributed by atoms with Crippen molar-refractivity contribution >= 4 is 5.69 Å². The summed E-state index contributed by atoms with van der Waals surface area (Å²) in [5.74, 6) is 0.522. The van der Waals surface area contributed by atoms with Gasteiger partial charge in [-0.25, -0.2) is 0 Å². The van der Waals surface area contributed by atoms with Gasteiger partial charge in [0, 0.05) is 12.1 Å². The highest BCUT2D eigenvalue weighted by atomic mass is 16.6. The van der Waals surface area contributed by atoms with Crippen LogP contribution in [-0.4, -0.2) is 35.5 Å². The maximum Gasteiger partial charge on any atom is 0.269 e. The van der Waals surface area contributed by atoms with E-state index in [2.05, 4.69) is 0 Å². The van der Waals surface area contributed by atoms with Crippen molar-refractivity contribution in [2.45, 2.75) is 33.0 Å². The van der Waals surface area contributed by atoms with Gasteiger partial charge < -0.3 is 14.6 Å². The molecule has 0 saturated heterocycles. The van der Waals surface area contributed by atoms with Gasteiger partial charge in [0.25, 0.3) is 5.69 Å². The molecular formula is C13H19NO5. The minimum absolute atomic E-state index is 0.0218. The number of aliphatic hydroxyl groups excluding tert-OH is 1. The maximum absolute atomic E-state index is 10.6. The van der Waals surface area contributed by atoms with E-state index in [1.165, 1.54) is 18.2 Å². The fraction of sp³-hybridized carbons (Fsp3) is 0.538. The van der Waals surface area contributed by atoms with E-state index in [0.29, 0.717) is 11.3 Å². The Kier molecular flexibility index (Phi) is 5.72. The first-order chi connectivity index (χ1) is 8.90. The Morgan fingerprint density at radius 2 is 2.05 bits per heavy atom. The average Bonchev–Trinajstić information content (AvgIpc) is 2.34. The molecule has 6 heteroatoms. The third-order valence-electron chi connectivity index (χ3n) is 2.42. The van der Waals surface area contributed by atoms with Crippen LogP contribution in [0.5, 0.6) is 5.75 Å². The molecule has 6 nitrogen and oxygen atoms in total. The Morgan fingerprint density at radius 3 is 2.58 bits per heavy atom. The molecule has 0 aliphatic rings. The van der Waals surface area contributed by atoms with E-state index in [-0.39, 0.29) is 25.0 Å². The number of nitrogens with zero attached hydrogens (tertiary/aromatic N) is 1. The molecule has 0 spiro atoms. The van der Waals surface area contributed by atoms with E-state index in [1.54, 1.807) is 6.92 Å². The lowest BCUT2D eigenvalue weighted by Crippen LogP contribution is -2.25. The zero-order valence-electron chi connectivity index (χ0n) is 11.3. The molecule has 0 aliphatic heterocycles. The summed E-state index contributed by atoms with van der Waals surface area (Å²) < 4.78 is 10.7. The van der Waals surface area contributed by atoms with Crippen LogP contribution in [0, 0.1) is 17.0 Å². The first kappa shape index (κ1) is 15.4. The molecule has 19 heavy (non-hydrogen) atoms. The predicted octanol–water partition coefficient (Wildman–Crippen LogP) is 2.07. The van der Waals surface area contributed by atoms with E-state index in [9.17, 15) is 15.2 Å². The Labute approximate surface area is 112 Å². The first-order valence-corrected chi connectivity index (χ1v) is 6.07. The zero-order valence-corrected chi connectivity index (χ0v) is 11.3. The monoisotopic (exact) mass is 269 g/mol. The van der Waals surface area contributed by atoms with Crippen molar-refractivity contribution in [2.75, 3.05) is 13.2 Å². The molecule has 1 aromatic rings. The third-order valence-corrected chi connectivity index (χ3v) is 2.42. The normalized spacial score (nSPS) is 12.5. The van der Waals surface area contributed by atoms with E-state index in [4.69, 9.17) is 9.47 Å². The highest BCUT2D eigenvalue weighted by Crippen LogP contribution is 2.23. The van der Waals surface area contributed by atoms with E-state index < -0.39 is 11.0 Å². The van der Waals surface area contributed by atoms with Crippen LogP contribution in [0.1, 0.15) is 19.4 Å². The second-order valence-electron chi connectivity index (χ2n) is 4.55. The molecule has 0 aromatic heterocycles. The number of aryl methyl sites for hydroxylation is 1. The molecule has 0 fully saturated rings. The van der Waals surface area contributed by atoms with Crippen molar-refractivity contribution in [2.24, 2.45) is 0 Å². The van der Waals surface area contributed by atoms with Gasteiger partial charge in [-0.3, -0.25) is 10.1 Å². The van der Waals surface area contributed by atoms with Crippen molar-refractivity contribution in [3.05, 3.63) is 33.9 Å². The number of rotatable bonds is 7. The lowest BCUT2D eigenvalue weighted by molar-refractivity contribution is -0.384. The Morgan fingerprint density at radius 1 is 1.37 bits per heavy atom.